The normalized spacial score (nSPS) is 11.9. The molecule has 1 atom stereocenters. The van der Waals surface area contributed by atoms with Gasteiger partial charge in [-0.2, -0.15) is 0 Å². The number of benzene rings is 2. The summed E-state index contributed by atoms with van der Waals surface area (Å²) >= 11 is 0. The summed E-state index contributed by atoms with van der Waals surface area (Å²) in [4.78, 5) is 9.15. The number of nitrogens with zero attached hydrogens (tertiary/aromatic N) is 2. The van der Waals surface area contributed by atoms with E-state index in [2.05, 4.69) is 35.9 Å². The lowest BCUT2D eigenvalue weighted by atomic mass is 10.1. The standard InChI is InChI=1S/C37H53FN2O2/c1-3-5-7-9-11-12-13-15-17-27-41-35-23-19-31(20-24-35)33-28-39-37(40-29-33)32-21-25-36(26-22-32)42-30-34(38)18-16-14-10-8-6-4-2/h19-26,28-29,34H,3-18,27,30H2,1-2H3. The van der Waals surface area contributed by atoms with Gasteiger partial charge in [0.25, 0.3) is 0 Å². The molecule has 3 rings (SSSR count). The number of unbranched alkanes of at least 4 members (excludes halogenated alkanes) is 13. The van der Waals surface area contributed by atoms with Gasteiger partial charge in [-0.05, 0) is 54.8 Å². The first-order valence-electron chi connectivity index (χ1n) is 16.6. The van der Waals surface area contributed by atoms with Crippen molar-refractivity contribution in [3.63, 3.8) is 0 Å². The maximum Gasteiger partial charge on any atom is 0.159 e. The summed E-state index contributed by atoms with van der Waals surface area (Å²) in [5.41, 5.74) is 2.92. The predicted molar refractivity (Wildman–Crippen MR) is 174 cm³/mol. The molecule has 1 aromatic heterocycles. The highest BCUT2D eigenvalue weighted by atomic mass is 19.1. The molecule has 0 aliphatic heterocycles. The molecule has 0 fully saturated rings. The van der Waals surface area contributed by atoms with Gasteiger partial charge in [-0.1, -0.05) is 116 Å². The van der Waals surface area contributed by atoms with E-state index in [4.69, 9.17) is 9.47 Å². The van der Waals surface area contributed by atoms with Crippen LogP contribution in [0.25, 0.3) is 22.5 Å². The Morgan fingerprint density at radius 2 is 1.02 bits per heavy atom. The summed E-state index contributed by atoms with van der Waals surface area (Å²) in [7, 11) is 0. The molecule has 0 radical (unpaired) electrons. The van der Waals surface area contributed by atoms with Crippen molar-refractivity contribution in [2.45, 2.75) is 123 Å². The lowest BCUT2D eigenvalue weighted by Crippen LogP contribution is -2.12. The molecule has 3 aromatic rings. The van der Waals surface area contributed by atoms with Crippen molar-refractivity contribution in [2.24, 2.45) is 0 Å². The molecule has 0 spiro atoms. The quantitative estimate of drug-likeness (QED) is 0.105. The topological polar surface area (TPSA) is 44.2 Å². The van der Waals surface area contributed by atoms with Gasteiger partial charge < -0.3 is 9.47 Å². The van der Waals surface area contributed by atoms with Crippen molar-refractivity contribution in [2.75, 3.05) is 13.2 Å². The van der Waals surface area contributed by atoms with Crippen molar-refractivity contribution in [3.8, 4) is 34.0 Å². The molecule has 1 heterocycles. The van der Waals surface area contributed by atoms with Crippen LogP contribution in [-0.2, 0) is 0 Å². The second-order valence-corrected chi connectivity index (χ2v) is 11.5. The van der Waals surface area contributed by atoms with Gasteiger partial charge in [-0.15, -0.1) is 0 Å². The molecule has 0 aliphatic rings. The predicted octanol–water partition coefficient (Wildman–Crippen LogP) is 11.2. The highest BCUT2D eigenvalue weighted by molar-refractivity contribution is 5.64. The van der Waals surface area contributed by atoms with E-state index in [1.54, 1.807) is 0 Å². The van der Waals surface area contributed by atoms with Crippen LogP contribution < -0.4 is 9.47 Å². The van der Waals surface area contributed by atoms with Gasteiger partial charge in [0.15, 0.2) is 5.82 Å². The van der Waals surface area contributed by atoms with Crippen LogP contribution in [0.5, 0.6) is 11.5 Å². The van der Waals surface area contributed by atoms with Crippen molar-refractivity contribution >= 4 is 0 Å². The molecule has 2 aromatic carbocycles. The number of rotatable bonds is 23. The molecular weight excluding hydrogens is 523 g/mol. The third-order valence-electron chi connectivity index (χ3n) is 7.77. The number of halogens is 1. The Hall–Kier alpha value is -2.95. The molecule has 1 unspecified atom stereocenters. The summed E-state index contributed by atoms with van der Waals surface area (Å²) < 4.78 is 25.8. The number of hydrogen-bond acceptors (Lipinski definition) is 4. The Bertz CT molecular complexity index is 1070. The van der Waals surface area contributed by atoms with E-state index in [9.17, 15) is 4.39 Å². The van der Waals surface area contributed by atoms with Gasteiger partial charge in [0, 0.05) is 23.5 Å². The molecule has 230 valence electrons. The number of ether oxygens (including phenoxy) is 2. The van der Waals surface area contributed by atoms with Crippen molar-refractivity contribution in [3.05, 3.63) is 60.9 Å². The zero-order valence-electron chi connectivity index (χ0n) is 26.2. The van der Waals surface area contributed by atoms with Crippen LogP contribution in [0.2, 0.25) is 0 Å². The average molecular weight is 577 g/mol. The van der Waals surface area contributed by atoms with Gasteiger partial charge in [0.05, 0.1) is 6.61 Å². The Morgan fingerprint density at radius 3 is 1.60 bits per heavy atom. The SMILES string of the molecule is CCCCCCCCCCCOc1ccc(-c2cnc(-c3ccc(OCC(F)CCCCCCCC)cc3)nc2)cc1. The third kappa shape index (κ3) is 13.4. The first kappa shape index (κ1) is 33.6. The second-order valence-electron chi connectivity index (χ2n) is 11.5. The Morgan fingerprint density at radius 1 is 0.548 bits per heavy atom. The fraction of sp³-hybridized carbons (Fsp3) is 0.568. The summed E-state index contributed by atoms with van der Waals surface area (Å²) in [6.45, 7) is 5.34. The Balaban J connectivity index is 1.34. The van der Waals surface area contributed by atoms with Crippen LogP contribution in [0.4, 0.5) is 4.39 Å². The van der Waals surface area contributed by atoms with Gasteiger partial charge in [-0.3, -0.25) is 0 Å². The molecule has 0 saturated heterocycles. The van der Waals surface area contributed by atoms with Crippen LogP contribution in [0.1, 0.15) is 117 Å². The molecule has 5 heteroatoms. The lowest BCUT2D eigenvalue weighted by Gasteiger charge is -2.11. The van der Waals surface area contributed by atoms with Crippen LogP contribution >= 0.6 is 0 Å². The van der Waals surface area contributed by atoms with Crippen LogP contribution in [0, 0.1) is 0 Å². The maximum absolute atomic E-state index is 14.2. The molecule has 0 amide bonds. The highest BCUT2D eigenvalue weighted by Gasteiger charge is 2.09. The monoisotopic (exact) mass is 576 g/mol. The van der Waals surface area contributed by atoms with E-state index in [0.717, 1.165) is 48.3 Å². The van der Waals surface area contributed by atoms with Gasteiger partial charge in [0.2, 0.25) is 0 Å². The van der Waals surface area contributed by atoms with E-state index >= 15 is 0 Å². The largest absolute Gasteiger partial charge is 0.494 e. The minimum absolute atomic E-state index is 0.0998. The molecular formula is C37H53FN2O2. The van der Waals surface area contributed by atoms with E-state index in [1.165, 1.54) is 77.0 Å². The zero-order chi connectivity index (χ0) is 29.7. The summed E-state index contributed by atoms with van der Waals surface area (Å²) in [5.74, 6) is 2.22. The summed E-state index contributed by atoms with van der Waals surface area (Å²) in [5, 5.41) is 0. The lowest BCUT2D eigenvalue weighted by molar-refractivity contribution is 0.184. The fourth-order valence-corrected chi connectivity index (χ4v) is 5.09. The third-order valence-corrected chi connectivity index (χ3v) is 7.77. The molecule has 0 aliphatic carbocycles. The molecule has 4 nitrogen and oxygen atoms in total. The minimum atomic E-state index is -0.924. The summed E-state index contributed by atoms with van der Waals surface area (Å²) in [6, 6.07) is 15.7. The number of alkyl halides is 1. The van der Waals surface area contributed by atoms with Crippen LogP contribution in [-0.4, -0.2) is 29.4 Å². The molecule has 42 heavy (non-hydrogen) atoms. The maximum atomic E-state index is 14.2. The van der Waals surface area contributed by atoms with Gasteiger partial charge >= 0.3 is 0 Å². The first-order chi connectivity index (χ1) is 20.7. The van der Waals surface area contributed by atoms with Crippen LogP contribution in [0.15, 0.2) is 60.9 Å². The van der Waals surface area contributed by atoms with Crippen molar-refractivity contribution in [1.82, 2.24) is 9.97 Å². The number of hydrogen-bond donors (Lipinski definition) is 0. The molecule has 0 N–H and O–H groups in total. The minimum Gasteiger partial charge on any atom is -0.494 e. The zero-order valence-corrected chi connectivity index (χ0v) is 26.2. The fourth-order valence-electron chi connectivity index (χ4n) is 5.09. The second kappa shape index (κ2) is 20.9. The van der Waals surface area contributed by atoms with Gasteiger partial charge in [0.1, 0.15) is 24.3 Å². The van der Waals surface area contributed by atoms with E-state index in [-0.39, 0.29) is 6.61 Å². The van der Waals surface area contributed by atoms with Crippen LogP contribution in [0.3, 0.4) is 0 Å². The first-order valence-corrected chi connectivity index (χ1v) is 16.6. The molecule has 0 bridgehead atoms. The van der Waals surface area contributed by atoms with Crippen molar-refractivity contribution in [1.29, 1.82) is 0 Å². The van der Waals surface area contributed by atoms with Gasteiger partial charge in [-0.25, -0.2) is 14.4 Å². The smallest absolute Gasteiger partial charge is 0.159 e. The van der Waals surface area contributed by atoms with Crippen molar-refractivity contribution < 1.29 is 13.9 Å². The molecule has 0 saturated carbocycles. The van der Waals surface area contributed by atoms with E-state index in [1.807, 2.05) is 48.8 Å². The van der Waals surface area contributed by atoms with E-state index < -0.39 is 6.17 Å². The highest BCUT2D eigenvalue weighted by Crippen LogP contribution is 2.24. The Labute approximate surface area is 254 Å². The average Bonchev–Trinajstić information content (AvgIpc) is 3.03. The van der Waals surface area contributed by atoms with E-state index in [0.29, 0.717) is 18.0 Å². The summed E-state index contributed by atoms with van der Waals surface area (Å²) in [6.07, 6.45) is 22.2. The number of aromatic nitrogens is 2. The Kier molecular flexibility index (Phi) is 16.7.